The molecule has 10 heteroatoms. The molecular formula is C18H18BrF2N3O3S. The minimum atomic E-state index is -2.80. The summed E-state index contributed by atoms with van der Waals surface area (Å²) < 4.78 is 32.2. The van der Waals surface area contributed by atoms with Crippen molar-refractivity contribution in [3.8, 4) is 5.75 Å². The quantitative estimate of drug-likeness (QED) is 0.666. The Kier molecular flexibility index (Phi) is 6.61. The first-order valence-electron chi connectivity index (χ1n) is 8.59. The van der Waals surface area contributed by atoms with Crippen molar-refractivity contribution >= 4 is 39.1 Å². The van der Waals surface area contributed by atoms with Crippen LogP contribution < -0.4 is 10.1 Å². The SMILES string of the molecule is CC(Oc1cccc(Br)c1)C(=O)N1CCC1CNC(=O)c1scnc1C(F)F. The molecule has 2 unspecified atom stereocenters. The molecule has 0 spiro atoms. The Balaban J connectivity index is 1.53. The van der Waals surface area contributed by atoms with Crippen LogP contribution in [0, 0.1) is 0 Å². The highest BCUT2D eigenvalue weighted by Gasteiger charge is 2.35. The lowest BCUT2D eigenvalue weighted by molar-refractivity contribution is -0.145. The van der Waals surface area contributed by atoms with E-state index < -0.39 is 24.1 Å². The van der Waals surface area contributed by atoms with Gasteiger partial charge in [0, 0.05) is 17.6 Å². The minimum absolute atomic E-state index is 0.0986. The molecule has 3 rings (SSSR count). The molecule has 2 aromatic rings. The zero-order valence-corrected chi connectivity index (χ0v) is 17.3. The predicted octanol–water partition coefficient (Wildman–Crippen LogP) is 3.64. The molecule has 1 aromatic carbocycles. The third-order valence-corrected chi connectivity index (χ3v) is 5.72. The molecule has 1 N–H and O–H groups in total. The van der Waals surface area contributed by atoms with E-state index in [0.29, 0.717) is 12.3 Å². The summed E-state index contributed by atoms with van der Waals surface area (Å²) in [5, 5.41) is 2.62. The largest absolute Gasteiger partial charge is 0.481 e. The maximum atomic E-state index is 12.9. The molecule has 0 radical (unpaired) electrons. The molecule has 0 aliphatic carbocycles. The molecule has 1 aliphatic rings. The van der Waals surface area contributed by atoms with Gasteiger partial charge in [-0.15, -0.1) is 11.3 Å². The third-order valence-electron chi connectivity index (χ3n) is 4.39. The standard InChI is InChI=1S/C18H18BrF2N3O3S/c1-10(27-13-4-2-3-11(19)7-13)18(26)24-6-5-12(24)8-22-17(25)15-14(16(20)21)23-9-28-15/h2-4,7,9-10,12,16H,5-6,8H2,1H3,(H,22,25). The second-order valence-corrected chi connectivity index (χ2v) is 8.04. The van der Waals surface area contributed by atoms with Gasteiger partial charge in [-0.2, -0.15) is 0 Å². The Morgan fingerprint density at radius 1 is 1.46 bits per heavy atom. The Morgan fingerprint density at radius 2 is 2.25 bits per heavy atom. The number of nitrogens with one attached hydrogen (secondary N) is 1. The highest BCUT2D eigenvalue weighted by molar-refractivity contribution is 9.10. The van der Waals surface area contributed by atoms with Crippen molar-refractivity contribution in [3.63, 3.8) is 0 Å². The van der Waals surface area contributed by atoms with Gasteiger partial charge in [0.05, 0.1) is 11.6 Å². The van der Waals surface area contributed by atoms with Crippen molar-refractivity contribution in [1.82, 2.24) is 15.2 Å². The molecule has 1 fully saturated rings. The highest BCUT2D eigenvalue weighted by atomic mass is 79.9. The number of rotatable bonds is 7. The summed E-state index contributed by atoms with van der Waals surface area (Å²) in [5.74, 6) is -0.211. The van der Waals surface area contributed by atoms with Crippen LogP contribution in [0.2, 0.25) is 0 Å². The van der Waals surface area contributed by atoms with Gasteiger partial charge in [0.2, 0.25) is 0 Å². The van der Waals surface area contributed by atoms with Crippen LogP contribution in [0.3, 0.4) is 0 Å². The summed E-state index contributed by atoms with van der Waals surface area (Å²) >= 11 is 4.22. The van der Waals surface area contributed by atoms with Crippen molar-refractivity contribution in [2.45, 2.75) is 31.9 Å². The van der Waals surface area contributed by atoms with Gasteiger partial charge in [0.1, 0.15) is 16.3 Å². The second kappa shape index (κ2) is 8.95. The van der Waals surface area contributed by atoms with Crippen LogP contribution in [0.4, 0.5) is 8.78 Å². The molecule has 0 bridgehead atoms. The first-order valence-corrected chi connectivity index (χ1v) is 10.3. The summed E-state index contributed by atoms with van der Waals surface area (Å²) in [4.78, 5) is 29.8. The number of halogens is 3. The van der Waals surface area contributed by atoms with E-state index in [9.17, 15) is 18.4 Å². The van der Waals surface area contributed by atoms with Gasteiger partial charge in [-0.25, -0.2) is 13.8 Å². The summed E-state index contributed by atoms with van der Waals surface area (Å²) in [6, 6.07) is 7.01. The Hall–Kier alpha value is -2.07. The lowest BCUT2D eigenvalue weighted by Crippen LogP contribution is -2.58. The highest BCUT2D eigenvalue weighted by Crippen LogP contribution is 2.25. The topological polar surface area (TPSA) is 71.5 Å². The predicted molar refractivity (Wildman–Crippen MR) is 104 cm³/mol. The number of carbonyl (C=O) groups excluding carboxylic acids is 2. The van der Waals surface area contributed by atoms with Crippen LogP contribution in [0.5, 0.6) is 5.75 Å². The van der Waals surface area contributed by atoms with Crippen LogP contribution >= 0.6 is 27.3 Å². The number of amides is 2. The van der Waals surface area contributed by atoms with Crippen LogP contribution in [-0.4, -0.2) is 46.9 Å². The van der Waals surface area contributed by atoms with Gasteiger partial charge in [-0.05, 0) is 31.5 Å². The number of likely N-dealkylation sites (tertiary alicyclic amines) is 1. The van der Waals surface area contributed by atoms with E-state index in [-0.39, 0.29) is 23.4 Å². The second-order valence-electron chi connectivity index (χ2n) is 6.27. The number of benzene rings is 1. The normalized spacial score (nSPS) is 17.2. The fraction of sp³-hybridized carbons (Fsp3) is 0.389. The van der Waals surface area contributed by atoms with Crippen LogP contribution in [-0.2, 0) is 4.79 Å². The lowest BCUT2D eigenvalue weighted by atomic mass is 10.0. The fourth-order valence-corrected chi connectivity index (χ4v) is 3.93. The van der Waals surface area contributed by atoms with E-state index in [4.69, 9.17) is 4.74 Å². The molecule has 2 amide bonds. The average molecular weight is 474 g/mol. The molecule has 28 heavy (non-hydrogen) atoms. The molecule has 150 valence electrons. The Morgan fingerprint density at radius 3 is 2.89 bits per heavy atom. The fourth-order valence-electron chi connectivity index (χ4n) is 2.84. The van der Waals surface area contributed by atoms with Crippen molar-refractivity contribution in [2.24, 2.45) is 0 Å². The van der Waals surface area contributed by atoms with E-state index in [1.807, 2.05) is 12.1 Å². The number of ether oxygens (including phenoxy) is 1. The van der Waals surface area contributed by atoms with E-state index in [1.165, 1.54) is 5.51 Å². The number of hydrogen-bond donors (Lipinski definition) is 1. The number of alkyl halides is 2. The first kappa shape index (κ1) is 20.7. The van der Waals surface area contributed by atoms with Gasteiger partial charge in [-0.1, -0.05) is 22.0 Å². The number of carbonyl (C=O) groups is 2. The molecule has 1 aliphatic heterocycles. The Bertz CT molecular complexity index is 864. The molecular weight excluding hydrogens is 456 g/mol. The Labute approximate surface area is 173 Å². The average Bonchev–Trinajstić information content (AvgIpc) is 3.11. The molecule has 1 saturated heterocycles. The molecule has 1 aromatic heterocycles. The monoisotopic (exact) mass is 473 g/mol. The van der Waals surface area contributed by atoms with Crippen LogP contribution in [0.15, 0.2) is 34.2 Å². The van der Waals surface area contributed by atoms with Gasteiger partial charge < -0.3 is 15.0 Å². The number of nitrogens with zero attached hydrogens (tertiary/aromatic N) is 2. The first-order chi connectivity index (χ1) is 13.4. The summed E-state index contributed by atoms with van der Waals surface area (Å²) in [6.07, 6.45) is -2.76. The third kappa shape index (κ3) is 4.67. The van der Waals surface area contributed by atoms with Crippen molar-refractivity contribution < 1.29 is 23.1 Å². The van der Waals surface area contributed by atoms with E-state index in [1.54, 1.807) is 24.0 Å². The molecule has 0 saturated carbocycles. The maximum absolute atomic E-state index is 12.9. The van der Waals surface area contributed by atoms with E-state index >= 15 is 0 Å². The van der Waals surface area contributed by atoms with Crippen LogP contribution in [0.1, 0.15) is 35.1 Å². The lowest BCUT2D eigenvalue weighted by Gasteiger charge is -2.42. The summed E-state index contributed by atoms with van der Waals surface area (Å²) in [5.41, 5.74) is 0.705. The molecule has 6 nitrogen and oxygen atoms in total. The smallest absolute Gasteiger partial charge is 0.281 e. The van der Waals surface area contributed by atoms with Gasteiger partial charge in [-0.3, -0.25) is 9.59 Å². The van der Waals surface area contributed by atoms with Gasteiger partial charge in [0.15, 0.2) is 6.10 Å². The van der Waals surface area contributed by atoms with Crippen molar-refractivity contribution in [2.75, 3.05) is 13.1 Å². The zero-order valence-electron chi connectivity index (χ0n) is 14.9. The number of thiazole rings is 1. The van der Waals surface area contributed by atoms with Crippen molar-refractivity contribution in [1.29, 1.82) is 0 Å². The van der Waals surface area contributed by atoms with Crippen LogP contribution in [0.25, 0.3) is 0 Å². The maximum Gasteiger partial charge on any atom is 0.281 e. The van der Waals surface area contributed by atoms with Gasteiger partial charge >= 0.3 is 0 Å². The number of aromatic nitrogens is 1. The summed E-state index contributed by atoms with van der Waals surface area (Å²) in [7, 11) is 0. The molecule has 2 atom stereocenters. The summed E-state index contributed by atoms with van der Waals surface area (Å²) in [6.45, 7) is 2.42. The van der Waals surface area contributed by atoms with Crippen molar-refractivity contribution in [3.05, 3.63) is 44.8 Å². The molecule has 2 heterocycles. The van der Waals surface area contributed by atoms with E-state index in [2.05, 4.69) is 26.2 Å². The minimum Gasteiger partial charge on any atom is -0.481 e. The van der Waals surface area contributed by atoms with E-state index in [0.717, 1.165) is 22.2 Å². The van der Waals surface area contributed by atoms with Gasteiger partial charge in [0.25, 0.3) is 18.2 Å². The zero-order chi connectivity index (χ0) is 20.3. The number of hydrogen-bond acceptors (Lipinski definition) is 5.